The van der Waals surface area contributed by atoms with Crippen molar-refractivity contribution in [3.63, 3.8) is 0 Å². The van der Waals surface area contributed by atoms with Crippen molar-refractivity contribution in [3.05, 3.63) is 35.4 Å². The van der Waals surface area contributed by atoms with Crippen LogP contribution in [0.1, 0.15) is 17.5 Å². The molecule has 1 aromatic rings. The molecule has 0 aliphatic carbocycles. The number of amides is 2. The average Bonchev–Trinajstić information content (AvgIpc) is 2.45. The fourth-order valence-electron chi connectivity index (χ4n) is 1.86. The number of nitrogens with zero attached hydrogens (tertiary/aromatic N) is 1. The predicted octanol–water partition coefficient (Wildman–Crippen LogP) is 0.306. The van der Waals surface area contributed by atoms with E-state index in [0.717, 1.165) is 11.1 Å². The van der Waals surface area contributed by atoms with Gasteiger partial charge in [0.05, 0.1) is 13.2 Å². The Morgan fingerprint density at radius 3 is 2.60 bits per heavy atom. The molecular weight excluding hydrogens is 258 g/mol. The number of ether oxygens (including phenoxy) is 1. The molecule has 1 heterocycles. The minimum Gasteiger partial charge on any atom is -0.395 e. The molecule has 1 N–H and O–H groups in total. The van der Waals surface area contributed by atoms with Crippen LogP contribution in [0.5, 0.6) is 0 Å². The molecule has 5 nitrogen and oxygen atoms in total. The van der Waals surface area contributed by atoms with Gasteiger partial charge in [-0.15, -0.1) is 0 Å². The third-order valence-electron chi connectivity index (χ3n) is 2.86. The first-order chi connectivity index (χ1) is 9.72. The molecule has 0 aromatic heterocycles. The Kier molecular flexibility index (Phi) is 4.88. The molecule has 0 spiro atoms. The van der Waals surface area contributed by atoms with E-state index in [1.165, 1.54) is 4.90 Å². The number of carbonyl (C=O) groups is 2. The normalized spacial score (nSPS) is 14.9. The summed E-state index contributed by atoms with van der Waals surface area (Å²) in [5.74, 6) is 5.11. The SMILES string of the molecule is O=C1COCC(=O)N1Cc1ccccc1C#CCCO. The van der Waals surface area contributed by atoms with Crippen molar-refractivity contribution in [2.75, 3.05) is 19.8 Å². The molecule has 0 atom stereocenters. The van der Waals surface area contributed by atoms with Gasteiger partial charge in [-0.25, -0.2) is 0 Å². The third kappa shape index (κ3) is 3.44. The first-order valence-corrected chi connectivity index (χ1v) is 6.31. The quantitative estimate of drug-likeness (QED) is 0.635. The number of aliphatic hydroxyl groups is 1. The lowest BCUT2D eigenvalue weighted by Crippen LogP contribution is -2.45. The lowest BCUT2D eigenvalue weighted by Gasteiger charge is -2.25. The number of rotatable bonds is 3. The molecule has 1 aliphatic heterocycles. The minimum absolute atomic E-state index is 0.00953. The van der Waals surface area contributed by atoms with Crippen LogP contribution in [0.15, 0.2) is 24.3 Å². The smallest absolute Gasteiger partial charge is 0.255 e. The first-order valence-electron chi connectivity index (χ1n) is 6.31. The zero-order valence-electron chi connectivity index (χ0n) is 11.0. The van der Waals surface area contributed by atoms with E-state index in [9.17, 15) is 9.59 Å². The van der Waals surface area contributed by atoms with Gasteiger partial charge in [-0.1, -0.05) is 30.0 Å². The highest BCUT2D eigenvalue weighted by Gasteiger charge is 2.26. The van der Waals surface area contributed by atoms with E-state index < -0.39 is 0 Å². The van der Waals surface area contributed by atoms with Crippen molar-refractivity contribution in [2.45, 2.75) is 13.0 Å². The molecule has 1 fully saturated rings. The molecule has 2 rings (SSSR count). The molecule has 0 saturated carbocycles. The maximum atomic E-state index is 11.7. The fourth-order valence-corrected chi connectivity index (χ4v) is 1.86. The van der Waals surface area contributed by atoms with Gasteiger partial charge in [-0.3, -0.25) is 14.5 Å². The number of hydrogen-bond donors (Lipinski definition) is 1. The number of imide groups is 1. The van der Waals surface area contributed by atoms with Crippen LogP contribution in [-0.2, 0) is 20.9 Å². The zero-order chi connectivity index (χ0) is 14.4. The lowest BCUT2D eigenvalue weighted by atomic mass is 10.1. The van der Waals surface area contributed by atoms with Crippen LogP contribution in [0.3, 0.4) is 0 Å². The number of hydrogen-bond acceptors (Lipinski definition) is 4. The molecule has 0 radical (unpaired) electrons. The summed E-state index contributed by atoms with van der Waals surface area (Å²) in [4.78, 5) is 24.6. The summed E-state index contributed by atoms with van der Waals surface area (Å²) in [5.41, 5.74) is 1.56. The predicted molar refractivity (Wildman–Crippen MR) is 71.4 cm³/mol. The number of morpholine rings is 1. The second-order valence-electron chi connectivity index (χ2n) is 4.30. The molecule has 5 heteroatoms. The molecule has 0 unspecified atom stereocenters. The fraction of sp³-hybridized carbons (Fsp3) is 0.333. The van der Waals surface area contributed by atoms with E-state index in [1.807, 2.05) is 24.3 Å². The molecule has 1 saturated heterocycles. The molecule has 1 aliphatic rings. The Balaban J connectivity index is 2.19. The summed E-state index contributed by atoms with van der Waals surface area (Å²) in [6.45, 7) is 0.0782. The van der Waals surface area contributed by atoms with Crippen LogP contribution in [0.2, 0.25) is 0 Å². The Hall–Kier alpha value is -2.16. The standard InChI is InChI=1S/C15H15NO4/c17-8-4-3-6-12-5-1-2-7-13(12)9-16-14(18)10-20-11-15(16)19/h1-2,5,7,17H,4,8-11H2. The highest BCUT2D eigenvalue weighted by atomic mass is 16.5. The van der Waals surface area contributed by atoms with Gasteiger partial charge in [0.1, 0.15) is 13.2 Å². The van der Waals surface area contributed by atoms with Crippen molar-refractivity contribution < 1.29 is 19.4 Å². The highest BCUT2D eigenvalue weighted by molar-refractivity contribution is 5.98. The Labute approximate surface area is 117 Å². The van der Waals surface area contributed by atoms with Crippen molar-refractivity contribution in [1.29, 1.82) is 0 Å². The molecular formula is C15H15NO4. The van der Waals surface area contributed by atoms with Crippen LogP contribution in [-0.4, -0.2) is 41.6 Å². The Bertz CT molecular complexity index is 555. The van der Waals surface area contributed by atoms with E-state index >= 15 is 0 Å². The highest BCUT2D eigenvalue weighted by Crippen LogP contribution is 2.13. The van der Waals surface area contributed by atoms with Gasteiger partial charge in [0.2, 0.25) is 0 Å². The Morgan fingerprint density at radius 1 is 1.20 bits per heavy atom. The second kappa shape index (κ2) is 6.85. The molecule has 20 heavy (non-hydrogen) atoms. The van der Waals surface area contributed by atoms with Gasteiger partial charge in [0.15, 0.2) is 0 Å². The van der Waals surface area contributed by atoms with Gasteiger partial charge < -0.3 is 9.84 Å². The summed E-state index contributed by atoms with van der Waals surface area (Å²) in [5, 5.41) is 8.73. The van der Waals surface area contributed by atoms with E-state index in [0.29, 0.717) is 6.42 Å². The van der Waals surface area contributed by atoms with Crippen molar-refractivity contribution in [3.8, 4) is 11.8 Å². The van der Waals surface area contributed by atoms with Crippen LogP contribution < -0.4 is 0 Å². The van der Waals surface area contributed by atoms with Gasteiger partial charge in [-0.05, 0) is 11.6 Å². The second-order valence-corrected chi connectivity index (χ2v) is 4.30. The summed E-state index contributed by atoms with van der Waals surface area (Å²) in [7, 11) is 0. The van der Waals surface area contributed by atoms with Gasteiger partial charge in [-0.2, -0.15) is 0 Å². The van der Waals surface area contributed by atoms with Gasteiger partial charge in [0, 0.05) is 12.0 Å². The number of aliphatic hydroxyl groups excluding tert-OH is 1. The monoisotopic (exact) mass is 273 g/mol. The van der Waals surface area contributed by atoms with Crippen molar-refractivity contribution >= 4 is 11.8 Å². The summed E-state index contributed by atoms with van der Waals surface area (Å²) in [6, 6.07) is 7.34. The van der Waals surface area contributed by atoms with Gasteiger partial charge in [0.25, 0.3) is 11.8 Å². The van der Waals surface area contributed by atoms with Crippen molar-refractivity contribution in [1.82, 2.24) is 4.90 Å². The summed E-state index contributed by atoms with van der Waals surface area (Å²) in [6.07, 6.45) is 0.393. The van der Waals surface area contributed by atoms with Crippen LogP contribution in [0.25, 0.3) is 0 Å². The maximum absolute atomic E-state index is 11.7. The largest absolute Gasteiger partial charge is 0.395 e. The van der Waals surface area contributed by atoms with E-state index in [1.54, 1.807) is 0 Å². The average molecular weight is 273 g/mol. The van der Waals surface area contributed by atoms with E-state index in [2.05, 4.69) is 11.8 Å². The maximum Gasteiger partial charge on any atom is 0.255 e. The summed E-state index contributed by atoms with van der Waals surface area (Å²) < 4.78 is 4.88. The molecule has 0 bridgehead atoms. The van der Waals surface area contributed by atoms with Crippen LogP contribution >= 0.6 is 0 Å². The topological polar surface area (TPSA) is 66.8 Å². The number of carbonyl (C=O) groups excluding carboxylic acids is 2. The van der Waals surface area contributed by atoms with E-state index in [-0.39, 0.29) is 38.2 Å². The summed E-state index contributed by atoms with van der Waals surface area (Å²) >= 11 is 0. The van der Waals surface area contributed by atoms with Crippen molar-refractivity contribution in [2.24, 2.45) is 0 Å². The zero-order valence-corrected chi connectivity index (χ0v) is 11.0. The minimum atomic E-state index is -0.334. The molecule has 1 aromatic carbocycles. The first kappa shape index (κ1) is 14.3. The van der Waals surface area contributed by atoms with E-state index in [4.69, 9.17) is 9.84 Å². The van der Waals surface area contributed by atoms with Crippen LogP contribution in [0, 0.1) is 11.8 Å². The molecule has 2 amide bonds. The van der Waals surface area contributed by atoms with Crippen LogP contribution in [0.4, 0.5) is 0 Å². The lowest BCUT2D eigenvalue weighted by molar-refractivity contribution is -0.159. The van der Waals surface area contributed by atoms with Gasteiger partial charge >= 0.3 is 0 Å². The number of benzene rings is 1. The Morgan fingerprint density at radius 2 is 1.90 bits per heavy atom. The third-order valence-corrected chi connectivity index (χ3v) is 2.86. The molecule has 104 valence electrons.